The number of urea groups is 1. The monoisotopic (exact) mass is 344 g/mol. The van der Waals surface area contributed by atoms with Crippen LogP contribution in [0, 0.1) is 19.8 Å². The molecule has 25 heavy (non-hydrogen) atoms. The molecule has 0 atom stereocenters. The van der Waals surface area contributed by atoms with Crippen LogP contribution < -0.4 is 10.6 Å². The van der Waals surface area contributed by atoms with Crippen LogP contribution in [0.2, 0.25) is 0 Å². The van der Waals surface area contributed by atoms with E-state index in [0.717, 1.165) is 5.56 Å². The van der Waals surface area contributed by atoms with Crippen molar-refractivity contribution < 1.29 is 14.1 Å². The summed E-state index contributed by atoms with van der Waals surface area (Å²) in [6.45, 7) is 8.07. The third-order valence-corrected chi connectivity index (χ3v) is 3.37. The van der Waals surface area contributed by atoms with Gasteiger partial charge in [0.05, 0.1) is 0 Å². The highest BCUT2D eigenvalue weighted by atomic mass is 16.5. The summed E-state index contributed by atoms with van der Waals surface area (Å²) in [5.74, 6) is 0.844. The van der Waals surface area contributed by atoms with E-state index >= 15 is 0 Å². The van der Waals surface area contributed by atoms with Gasteiger partial charge in [-0.05, 0) is 37.5 Å². The molecule has 0 radical (unpaired) electrons. The normalized spacial score (nSPS) is 10.6. The van der Waals surface area contributed by atoms with Crippen LogP contribution in [0.5, 0.6) is 0 Å². The van der Waals surface area contributed by atoms with Gasteiger partial charge in [-0.25, -0.2) is 4.79 Å². The Bertz CT molecular complexity index is 739. The Labute approximate surface area is 147 Å². The molecule has 2 aromatic rings. The van der Waals surface area contributed by atoms with Crippen LogP contribution in [0.1, 0.15) is 25.2 Å². The molecule has 0 saturated carbocycles. The molecular formula is C18H24N4O3. The standard InChI is InChI=1S/C18H24N4O3/c1-12(2)10-22(11-17(23)20-16-9-14(4)25-21-16)18(24)19-15-7-5-6-13(3)8-15/h5-9,12H,10-11H2,1-4H3,(H,19,24)(H,20,21,23). The molecule has 0 bridgehead atoms. The minimum atomic E-state index is -0.326. The fraction of sp³-hybridized carbons (Fsp3) is 0.389. The average molecular weight is 344 g/mol. The van der Waals surface area contributed by atoms with Crippen molar-refractivity contribution in [3.05, 3.63) is 41.7 Å². The Kier molecular flexibility index (Phi) is 6.16. The summed E-state index contributed by atoms with van der Waals surface area (Å²) in [4.78, 5) is 26.2. The summed E-state index contributed by atoms with van der Waals surface area (Å²) in [5, 5.41) is 9.18. The summed E-state index contributed by atoms with van der Waals surface area (Å²) < 4.78 is 4.91. The van der Waals surface area contributed by atoms with Crippen molar-refractivity contribution in [2.24, 2.45) is 5.92 Å². The van der Waals surface area contributed by atoms with Gasteiger partial charge in [0.2, 0.25) is 5.91 Å². The van der Waals surface area contributed by atoms with Crippen LogP contribution in [0.4, 0.5) is 16.3 Å². The van der Waals surface area contributed by atoms with E-state index in [9.17, 15) is 9.59 Å². The van der Waals surface area contributed by atoms with Gasteiger partial charge in [0.25, 0.3) is 0 Å². The second-order valence-corrected chi connectivity index (χ2v) is 6.44. The highest BCUT2D eigenvalue weighted by Crippen LogP contribution is 2.12. The van der Waals surface area contributed by atoms with Crippen molar-refractivity contribution in [3.63, 3.8) is 0 Å². The van der Waals surface area contributed by atoms with Gasteiger partial charge in [0.1, 0.15) is 12.3 Å². The summed E-state index contributed by atoms with van der Waals surface area (Å²) in [5.41, 5.74) is 1.75. The van der Waals surface area contributed by atoms with E-state index in [1.165, 1.54) is 4.90 Å². The maximum absolute atomic E-state index is 12.6. The van der Waals surface area contributed by atoms with Crippen molar-refractivity contribution in [2.75, 3.05) is 23.7 Å². The summed E-state index contributed by atoms with van der Waals surface area (Å²) in [6.07, 6.45) is 0. The van der Waals surface area contributed by atoms with Crippen LogP contribution >= 0.6 is 0 Å². The number of anilines is 2. The smallest absolute Gasteiger partial charge is 0.322 e. The molecule has 7 heteroatoms. The number of rotatable bonds is 6. The third-order valence-electron chi connectivity index (χ3n) is 3.37. The molecule has 2 rings (SSSR count). The molecule has 0 saturated heterocycles. The highest BCUT2D eigenvalue weighted by Gasteiger charge is 2.19. The van der Waals surface area contributed by atoms with E-state index < -0.39 is 0 Å². The van der Waals surface area contributed by atoms with E-state index in [0.29, 0.717) is 23.8 Å². The van der Waals surface area contributed by atoms with Crippen LogP contribution in [0.25, 0.3) is 0 Å². The minimum Gasteiger partial charge on any atom is -0.360 e. The first-order valence-corrected chi connectivity index (χ1v) is 8.19. The van der Waals surface area contributed by atoms with Gasteiger partial charge in [-0.1, -0.05) is 31.1 Å². The fourth-order valence-corrected chi connectivity index (χ4v) is 2.37. The Balaban J connectivity index is 2.01. The number of benzene rings is 1. The molecule has 0 aliphatic heterocycles. The molecular weight excluding hydrogens is 320 g/mol. The molecule has 134 valence electrons. The van der Waals surface area contributed by atoms with E-state index in [1.54, 1.807) is 13.0 Å². The van der Waals surface area contributed by atoms with Gasteiger partial charge in [0.15, 0.2) is 5.82 Å². The SMILES string of the molecule is Cc1cccc(NC(=O)N(CC(=O)Nc2cc(C)on2)CC(C)C)c1. The van der Waals surface area contributed by atoms with E-state index in [1.807, 2.05) is 45.0 Å². The quantitative estimate of drug-likeness (QED) is 0.840. The molecule has 1 aromatic heterocycles. The largest absolute Gasteiger partial charge is 0.360 e. The van der Waals surface area contributed by atoms with Crippen LogP contribution in [0.3, 0.4) is 0 Å². The topological polar surface area (TPSA) is 87.5 Å². The molecule has 7 nitrogen and oxygen atoms in total. The van der Waals surface area contributed by atoms with Gasteiger partial charge in [-0.3, -0.25) is 4.79 Å². The predicted molar refractivity (Wildman–Crippen MR) is 96.5 cm³/mol. The lowest BCUT2D eigenvalue weighted by Gasteiger charge is -2.24. The van der Waals surface area contributed by atoms with Gasteiger partial charge in [-0.2, -0.15) is 0 Å². The molecule has 0 spiro atoms. The lowest BCUT2D eigenvalue weighted by molar-refractivity contribution is -0.116. The molecule has 0 fully saturated rings. The molecule has 3 amide bonds. The molecule has 2 N–H and O–H groups in total. The number of hydrogen-bond acceptors (Lipinski definition) is 4. The van der Waals surface area contributed by atoms with Crippen molar-refractivity contribution in [1.29, 1.82) is 0 Å². The second-order valence-electron chi connectivity index (χ2n) is 6.44. The Morgan fingerprint density at radius 2 is 1.96 bits per heavy atom. The van der Waals surface area contributed by atoms with Crippen LogP contribution in [0.15, 0.2) is 34.9 Å². The zero-order valence-electron chi connectivity index (χ0n) is 15.0. The summed E-state index contributed by atoms with van der Waals surface area (Å²) >= 11 is 0. The number of nitrogens with one attached hydrogen (secondary N) is 2. The molecule has 0 aliphatic carbocycles. The zero-order valence-corrected chi connectivity index (χ0v) is 15.0. The van der Waals surface area contributed by atoms with Gasteiger partial charge in [0, 0.05) is 18.3 Å². The van der Waals surface area contributed by atoms with E-state index in [-0.39, 0.29) is 24.4 Å². The number of hydrogen-bond donors (Lipinski definition) is 2. The van der Waals surface area contributed by atoms with Crippen LogP contribution in [-0.4, -0.2) is 35.1 Å². The lowest BCUT2D eigenvalue weighted by atomic mass is 10.2. The number of carbonyl (C=O) groups excluding carboxylic acids is 2. The first-order chi connectivity index (χ1) is 11.8. The first kappa shape index (κ1) is 18.5. The van der Waals surface area contributed by atoms with E-state index in [2.05, 4.69) is 15.8 Å². The van der Waals surface area contributed by atoms with Gasteiger partial charge in [-0.15, -0.1) is 0 Å². The highest BCUT2D eigenvalue weighted by molar-refractivity contribution is 5.96. The van der Waals surface area contributed by atoms with Gasteiger partial charge < -0.3 is 20.1 Å². The van der Waals surface area contributed by atoms with Crippen LogP contribution in [-0.2, 0) is 4.79 Å². The third kappa shape index (κ3) is 5.95. The van der Waals surface area contributed by atoms with E-state index in [4.69, 9.17) is 4.52 Å². The summed E-state index contributed by atoms with van der Waals surface area (Å²) in [7, 11) is 0. The molecule has 1 aromatic carbocycles. The predicted octanol–water partition coefficient (Wildman–Crippen LogP) is 3.42. The number of aromatic nitrogens is 1. The maximum Gasteiger partial charge on any atom is 0.322 e. The zero-order chi connectivity index (χ0) is 18.4. The number of nitrogens with zero attached hydrogens (tertiary/aromatic N) is 2. The van der Waals surface area contributed by atoms with Crippen molar-refractivity contribution in [1.82, 2.24) is 10.1 Å². The minimum absolute atomic E-state index is 0.0677. The molecule has 0 unspecified atom stereocenters. The van der Waals surface area contributed by atoms with Crippen molar-refractivity contribution in [3.8, 4) is 0 Å². The first-order valence-electron chi connectivity index (χ1n) is 8.19. The Morgan fingerprint density at radius 1 is 1.20 bits per heavy atom. The van der Waals surface area contributed by atoms with Crippen molar-refractivity contribution >= 4 is 23.4 Å². The molecule has 1 heterocycles. The average Bonchev–Trinajstić information content (AvgIpc) is 2.91. The maximum atomic E-state index is 12.6. The van der Waals surface area contributed by atoms with Crippen molar-refractivity contribution in [2.45, 2.75) is 27.7 Å². The second kappa shape index (κ2) is 8.32. The lowest BCUT2D eigenvalue weighted by Crippen LogP contribution is -2.42. The number of amides is 3. The Hall–Kier alpha value is -2.83. The fourth-order valence-electron chi connectivity index (χ4n) is 2.37. The van der Waals surface area contributed by atoms with Gasteiger partial charge >= 0.3 is 6.03 Å². The summed E-state index contributed by atoms with van der Waals surface area (Å²) in [6, 6.07) is 8.83. The number of carbonyl (C=O) groups is 2. The number of aryl methyl sites for hydroxylation is 2. The Morgan fingerprint density at radius 3 is 2.56 bits per heavy atom. The molecule has 0 aliphatic rings.